The molecule has 6 nitrogen and oxygen atoms in total. The van der Waals surface area contributed by atoms with Crippen molar-refractivity contribution in [3.63, 3.8) is 0 Å². The minimum Gasteiger partial charge on any atom is -0.350 e. The number of carbonyl (C=O) groups excluding carboxylic acids is 1. The van der Waals surface area contributed by atoms with Crippen molar-refractivity contribution < 1.29 is 13.2 Å². The molecule has 0 spiro atoms. The van der Waals surface area contributed by atoms with E-state index in [1.807, 2.05) is 17.5 Å². The normalized spacial score (nSPS) is 12.9. The number of pyridine rings is 1. The molecule has 1 unspecified atom stereocenters. The van der Waals surface area contributed by atoms with E-state index in [4.69, 9.17) is 0 Å². The first-order chi connectivity index (χ1) is 12.4. The summed E-state index contributed by atoms with van der Waals surface area (Å²) in [5.41, 5.74) is 0. The minimum atomic E-state index is -3.51. The van der Waals surface area contributed by atoms with E-state index in [1.54, 1.807) is 44.2 Å². The van der Waals surface area contributed by atoms with Crippen LogP contribution >= 0.6 is 23.1 Å². The quantitative estimate of drug-likeness (QED) is 0.640. The van der Waals surface area contributed by atoms with Crippen LogP contribution in [0.25, 0.3) is 0 Å². The van der Waals surface area contributed by atoms with E-state index in [9.17, 15) is 13.2 Å². The van der Waals surface area contributed by atoms with Crippen LogP contribution < -0.4 is 5.32 Å². The lowest BCUT2D eigenvalue weighted by Gasteiger charge is -2.18. The van der Waals surface area contributed by atoms with E-state index in [1.165, 1.54) is 22.3 Å². The number of thiophene rings is 1. The standard InChI is InChI=1S/C17H23N3O3S3/c1-4-20(5-2)26(22,23)15-8-9-16(18-12-15)25-13(3)17(21)19-11-14-7-6-10-24-14/h6-10,12-13H,4-5,11H2,1-3H3,(H,19,21). The molecule has 0 aromatic carbocycles. The van der Waals surface area contributed by atoms with E-state index in [0.29, 0.717) is 24.7 Å². The number of hydrogen-bond donors (Lipinski definition) is 1. The molecule has 1 atom stereocenters. The number of thioether (sulfide) groups is 1. The molecular formula is C17H23N3O3S3. The van der Waals surface area contributed by atoms with Crippen LogP contribution in [0.5, 0.6) is 0 Å². The third kappa shape index (κ3) is 5.29. The third-order valence-electron chi connectivity index (χ3n) is 3.74. The average molecular weight is 414 g/mol. The molecule has 1 N–H and O–H groups in total. The smallest absolute Gasteiger partial charge is 0.244 e. The van der Waals surface area contributed by atoms with Crippen LogP contribution in [0.2, 0.25) is 0 Å². The average Bonchev–Trinajstić information content (AvgIpc) is 3.14. The molecule has 0 aliphatic rings. The van der Waals surface area contributed by atoms with Gasteiger partial charge in [0.15, 0.2) is 0 Å². The molecule has 2 rings (SSSR count). The van der Waals surface area contributed by atoms with Crippen molar-refractivity contribution in [3.05, 3.63) is 40.7 Å². The van der Waals surface area contributed by atoms with Gasteiger partial charge in [0.2, 0.25) is 15.9 Å². The molecule has 2 aromatic heterocycles. The maximum Gasteiger partial charge on any atom is 0.244 e. The Hall–Kier alpha value is -1.42. The van der Waals surface area contributed by atoms with Crippen LogP contribution in [-0.4, -0.2) is 42.0 Å². The van der Waals surface area contributed by atoms with E-state index in [-0.39, 0.29) is 16.1 Å². The highest BCUT2D eigenvalue weighted by Crippen LogP contribution is 2.23. The maximum atomic E-state index is 12.4. The lowest BCUT2D eigenvalue weighted by atomic mass is 10.4. The highest BCUT2D eigenvalue weighted by Gasteiger charge is 2.22. The summed E-state index contributed by atoms with van der Waals surface area (Å²) >= 11 is 2.90. The van der Waals surface area contributed by atoms with Gasteiger partial charge in [0.25, 0.3) is 0 Å². The largest absolute Gasteiger partial charge is 0.350 e. The van der Waals surface area contributed by atoms with Crippen molar-refractivity contribution in [2.75, 3.05) is 13.1 Å². The van der Waals surface area contributed by atoms with Crippen LogP contribution in [-0.2, 0) is 21.4 Å². The monoisotopic (exact) mass is 413 g/mol. The number of hydrogen-bond acceptors (Lipinski definition) is 6. The van der Waals surface area contributed by atoms with Gasteiger partial charge in [-0.25, -0.2) is 13.4 Å². The van der Waals surface area contributed by atoms with E-state index < -0.39 is 10.0 Å². The van der Waals surface area contributed by atoms with Crippen molar-refractivity contribution in [2.24, 2.45) is 0 Å². The fourth-order valence-electron chi connectivity index (χ4n) is 2.27. The predicted molar refractivity (Wildman–Crippen MR) is 106 cm³/mol. The van der Waals surface area contributed by atoms with Gasteiger partial charge in [-0.1, -0.05) is 31.7 Å². The SMILES string of the molecule is CCN(CC)S(=O)(=O)c1ccc(SC(C)C(=O)NCc2cccs2)nc1. The zero-order chi connectivity index (χ0) is 19.2. The van der Waals surface area contributed by atoms with Crippen molar-refractivity contribution in [1.29, 1.82) is 0 Å². The van der Waals surface area contributed by atoms with Gasteiger partial charge in [-0.3, -0.25) is 4.79 Å². The number of amides is 1. The number of nitrogens with zero attached hydrogens (tertiary/aromatic N) is 2. The molecule has 0 bridgehead atoms. The van der Waals surface area contributed by atoms with Crippen LogP contribution in [0, 0.1) is 0 Å². The molecule has 0 saturated heterocycles. The summed E-state index contributed by atoms with van der Waals surface area (Å²) in [5, 5.41) is 5.15. The molecule has 2 aromatic rings. The molecule has 0 fully saturated rings. The van der Waals surface area contributed by atoms with Crippen LogP contribution in [0.4, 0.5) is 0 Å². The predicted octanol–water partition coefficient (Wildman–Crippen LogP) is 2.97. The second-order valence-electron chi connectivity index (χ2n) is 5.48. The molecule has 2 heterocycles. The second kappa shape index (κ2) is 9.50. The number of sulfonamides is 1. The number of nitrogens with one attached hydrogen (secondary N) is 1. The zero-order valence-corrected chi connectivity index (χ0v) is 17.5. The van der Waals surface area contributed by atoms with E-state index in [2.05, 4.69) is 10.3 Å². The van der Waals surface area contributed by atoms with Crippen molar-refractivity contribution in [2.45, 2.75) is 42.5 Å². The Morgan fingerprint density at radius 3 is 2.58 bits per heavy atom. The molecule has 0 radical (unpaired) electrons. The fraction of sp³-hybridized carbons (Fsp3) is 0.412. The summed E-state index contributed by atoms with van der Waals surface area (Å²) < 4.78 is 26.3. The summed E-state index contributed by atoms with van der Waals surface area (Å²) in [7, 11) is -3.51. The summed E-state index contributed by atoms with van der Waals surface area (Å²) in [6.07, 6.45) is 1.35. The van der Waals surface area contributed by atoms with Gasteiger partial charge in [-0.2, -0.15) is 4.31 Å². The van der Waals surface area contributed by atoms with Gasteiger partial charge in [0.05, 0.1) is 16.8 Å². The summed E-state index contributed by atoms with van der Waals surface area (Å²) in [4.78, 5) is 17.6. The Morgan fingerprint density at radius 1 is 1.31 bits per heavy atom. The number of rotatable bonds is 9. The Kier molecular flexibility index (Phi) is 7.63. The first-order valence-corrected chi connectivity index (χ1v) is 11.5. The van der Waals surface area contributed by atoms with E-state index >= 15 is 0 Å². The third-order valence-corrected chi connectivity index (χ3v) is 7.70. The first kappa shape index (κ1) is 20.9. The first-order valence-electron chi connectivity index (χ1n) is 8.31. The molecule has 1 amide bonds. The molecule has 0 aliphatic carbocycles. The second-order valence-corrected chi connectivity index (χ2v) is 9.81. The van der Waals surface area contributed by atoms with Crippen LogP contribution in [0.1, 0.15) is 25.6 Å². The van der Waals surface area contributed by atoms with Gasteiger partial charge in [-0.15, -0.1) is 11.3 Å². The lowest BCUT2D eigenvalue weighted by Crippen LogP contribution is -2.31. The van der Waals surface area contributed by atoms with Crippen LogP contribution in [0.15, 0.2) is 45.8 Å². The van der Waals surface area contributed by atoms with Crippen molar-refractivity contribution >= 4 is 39.0 Å². The molecule has 9 heteroatoms. The van der Waals surface area contributed by atoms with Gasteiger partial charge >= 0.3 is 0 Å². The Bertz CT molecular complexity index is 802. The number of aromatic nitrogens is 1. The number of carbonyl (C=O) groups is 1. The minimum absolute atomic E-state index is 0.0787. The highest BCUT2D eigenvalue weighted by molar-refractivity contribution is 8.00. The molecule has 0 aliphatic heterocycles. The molecular weight excluding hydrogens is 390 g/mol. The summed E-state index contributed by atoms with van der Waals surface area (Å²) in [6, 6.07) is 7.10. The Morgan fingerprint density at radius 2 is 2.04 bits per heavy atom. The molecule has 26 heavy (non-hydrogen) atoms. The lowest BCUT2D eigenvalue weighted by molar-refractivity contribution is -0.120. The molecule has 142 valence electrons. The van der Waals surface area contributed by atoms with Gasteiger partial charge < -0.3 is 5.32 Å². The van der Waals surface area contributed by atoms with Crippen molar-refractivity contribution in [3.8, 4) is 0 Å². The van der Waals surface area contributed by atoms with Gasteiger partial charge in [0.1, 0.15) is 4.90 Å². The van der Waals surface area contributed by atoms with E-state index in [0.717, 1.165) is 4.88 Å². The Labute approximate surface area is 163 Å². The van der Waals surface area contributed by atoms with Gasteiger partial charge in [0, 0.05) is 24.2 Å². The Balaban J connectivity index is 1.96. The van der Waals surface area contributed by atoms with Gasteiger partial charge in [-0.05, 0) is 30.5 Å². The van der Waals surface area contributed by atoms with Crippen molar-refractivity contribution in [1.82, 2.24) is 14.6 Å². The topological polar surface area (TPSA) is 79.4 Å². The highest BCUT2D eigenvalue weighted by atomic mass is 32.2. The van der Waals surface area contributed by atoms with Crippen LogP contribution in [0.3, 0.4) is 0 Å². The summed E-state index contributed by atoms with van der Waals surface area (Å²) in [6.45, 7) is 6.74. The fourth-order valence-corrected chi connectivity index (χ4v) is 5.13. The molecule has 0 saturated carbocycles. The maximum absolute atomic E-state index is 12.4. The summed E-state index contributed by atoms with van der Waals surface area (Å²) in [5.74, 6) is -0.0787. The zero-order valence-electron chi connectivity index (χ0n) is 15.0.